The number of nitrogens with zero attached hydrogens (tertiary/aromatic N) is 1. The van der Waals surface area contributed by atoms with Crippen LogP contribution in [0.25, 0.3) is 0 Å². The second-order valence-corrected chi connectivity index (χ2v) is 5.52. The quantitative estimate of drug-likeness (QED) is 0.783. The number of carbonyl (C=O) groups is 1. The molecule has 0 atom stereocenters. The van der Waals surface area contributed by atoms with Crippen LogP contribution in [0.5, 0.6) is 5.75 Å². The number of carbonyl (C=O) groups excluding carboxylic acids is 1. The maximum atomic E-state index is 12.1. The molecule has 0 aromatic heterocycles. The Morgan fingerprint density at radius 3 is 2.57 bits per heavy atom. The average Bonchev–Trinajstić information content (AvgIpc) is 2.55. The summed E-state index contributed by atoms with van der Waals surface area (Å²) in [5.74, 6) is 1.08. The van der Waals surface area contributed by atoms with Gasteiger partial charge in [-0.2, -0.15) is 0 Å². The molecule has 1 amide bonds. The third-order valence-corrected chi connectivity index (χ3v) is 3.77. The summed E-state index contributed by atoms with van der Waals surface area (Å²) in [4.78, 5) is 14.0. The third-order valence-electron chi connectivity index (χ3n) is 3.77. The van der Waals surface area contributed by atoms with Crippen molar-refractivity contribution in [2.24, 2.45) is 0 Å². The molecule has 0 aliphatic carbocycles. The van der Waals surface area contributed by atoms with E-state index in [2.05, 4.69) is 12.2 Å². The molecule has 1 aromatic carbocycles. The zero-order chi connectivity index (χ0) is 14.9. The smallest absolute Gasteiger partial charge is 0.241 e. The standard InChI is InChI=1S/C17H26N2O2/c1-2-3-13-21-16-9-7-15(8-10-16)18-14-17(20)19-11-5-4-6-12-19/h7-10,18H,2-6,11-14H2,1H3. The maximum absolute atomic E-state index is 12.1. The number of likely N-dealkylation sites (tertiary alicyclic amines) is 1. The van der Waals surface area contributed by atoms with Crippen LogP contribution in [0.3, 0.4) is 0 Å². The fourth-order valence-corrected chi connectivity index (χ4v) is 2.44. The van der Waals surface area contributed by atoms with Crippen molar-refractivity contribution in [2.75, 3.05) is 31.6 Å². The number of hydrogen-bond acceptors (Lipinski definition) is 3. The molecule has 1 fully saturated rings. The van der Waals surface area contributed by atoms with E-state index in [-0.39, 0.29) is 5.91 Å². The van der Waals surface area contributed by atoms with Crippen molar-refractivity contribution in [1.29, 1.82) is 0 Å². The first-order valence-electron chi connectivity index (χ1n) is 8.04. The summed E-state index contributed by atoms with van der Waals surface area (Å²) in [6.07, 6.45) is 5.73. The zero-order valence-electron chi connectivity index (χ0n) is 12.9. The number of piperidine rings is 1. The monoisotopic (exact) mass is 290 g/mol. The molecule has 2 rings (SSSR count). The van der Waals surface area contributed by atoms with Crippen molar-refractivity contribution in [3.63, 3.8) is 0 Å². The number of unbranched alkanes of at least 4 members (excludes halogenated alkanes) is 1. The molecule has 0 unspecified atom stereocenters. The molecule has 1 N–H and O–H groups in total. The van der Waals surface area contributed by atoms with E-state index in [1.54, 1.807) is 0 Å². The predicted molar refractivity (Wildman–Crippen MR) is 85.8 cm³/mol. The zero-order valence-corrected chi connectivity index (χ0v) is 12.9. The van der Waals surface area contributed by atoms with Gasteiger partial charge in [-0.25, -0.2) is 0 Å². The molecule has 0 bridgehead atoms. The number of rotatable bonds is 7. The average molecular weight is 290 g/mol. The minimum atomic E-state index is 0.193. The molecule has 1 aliphatic heterocycles. The summed E-state index contributed by atoms with van der Waals surface area (Å²) in [5, 5.41) is 3.19. The summed E-state index contributed by atoms with van der Waals surface area (Å²) in [6, 6.07) is 7.82. The van der Waals surface area contributed by atoms with Crippen molar-refractivity contribution < 1.29 is 9.53 Å². The Bertz CT molecular complexity index is 425. The lowest BCUT2D eigenvalue weighted by atomic mass is 10.1. The molecule has 0 radical (unpaired) electrons. The van der Waals surface area contributed by atoms with Crippen LogP contribution in [0, 0.1) is 0 Å². The van der Waals surface area contributed by atoms with Gasteiger partial charge in [0, 0.05) is 18.8 Å². The molecular weight excluding hydrogens is 264 g/mol. The molecule has 4 nitrogen and oxygen atoms in total. The highest BCUT2D eigenvalue weighted by Crippen LogP contribution is 2.16. The molecule has 0 saturated carbocycles. The van der Waals surface area contributed by atoms with E-state index < -0.39 is 0 Å². The molecule has 21 heavy (non-hydrogen) atoms. The first kappa shape index (κ1) is 15.7. The molecule has 1 saturated heterocycles. The van der Waals surface area contributed by atoms with Gasteiger partial charge < -0.3 is 15.0 Å². The summed E-state index contributed by atoms with van der Waals surface area (Å²) in [6.45, 7) is 5.10. The Kier molecular flexibility index (Phi) is 6.38. The van der Waals surface area contributed by atoms with Gasteiger partial charge in [-0.1, -0.05) is 13.3 Å². The highest BCUT2D eigenvalue weighted by atomic mass is 16.5. The summed E-state index contributed by atoms with van der Waals surface area (Å²) in [7, 11) is 0. The van der Waals surface area contributed by atoms with Gasteiger partial charge in [0.2, 0.25) is 5.91 Å². The van der Waals surface area contributed by atoms with Gasteiger partial charge in [-0.05, 0) is 49.9 Å². The van der Waals surface area contributed by atoms with E-state index in [1.165, 1.54) is 6.42 Å². The summed E-state index contributed by atoms with van der Waals surface area (Å²) in [5.41, 5.74) is 0.961. The molecule has 1 aromatic rings. The van der Waals surface area contributed by atoms with Gasteiger partial charge in [-0.15, -0.1) is 0 Å². The van der Waals surface area contributed by atoms with E-state index in [1.807, 2.05) is 29.2 Å². The largest absolute Gasteiger partial charge is 0.494 e. The normalized spacial score (nSPS) is 14.8. The molecule has 4 heteroatoms. The van der Waals surface area contributed by atoms with Crippen molar-refractivity contribution in [1.82, 2.24) is 4.90 Å². The number of anilines is 1. The Morgan fingerprint density at radius 1 is 1.19 bits per heavy atom. The van der Waals surface area contributed by atoms with Gasteiger partial charge in [0.1, 0.15) is 5.75 Å². The number of ether oxygens (including phenoxy) is 1. The molecule has 1 aliphatic rings. The van der Waals surface area contributed by atoms with Gasteiger partial charge in [0.15, 0.2) is 0 Å². The topological polar surface area (TPSA) is 41.6 Å². The van der Waals surface area contributed by atoms with Crippen molar-refractivity contribution >= 4 is 11.6 Å². The maximum Gasteiger partial charge on any atom is 0.241 e. The predicted octanol–water partition coefficient (Wildman–Crippen LogP) is 3.29. The molecular formula is C17H26N2O2. The SMILES string of the molecule is CCCCOc1ccc(NCC(=O)N2CCCCC2)cc1. The minimum Gasteiger partial charge on any atom is -0.494 e. The number of nitrogens with one attached hydrogen (secondary N) is 1. The molecule has 1 heterocycles. The van der Waals surface area contributed by atoms with Crippen LogP contribution < -0.4 is 10.1 Å². The van der Waals surface area contributed by atoms with Gasteiger partial charge >= 0.3 is 0 Å². The van der Waals surface area contributed by atoms with E-state index in [0.29, 0.717) is 6.54 Å². The van der Waals surface area contributed by atoms with E-state index in [9.17, 15) is 4.79 Å². The minimum absolute atomic E-state index is 0.193. The van der Waals surface area contributed by atoms with Crippen LogP contribution in [0.4, 0.5) is 5.69 Å². The number of amides is 1. The number of hydrogen-bond donors (Lipinski definition) is 1. The van der Waals surface area contributed by atoms with Crippen molar-refractivity contribution in [3.05, 3.63) is 24.3 Å². The molecule has 116 valence electrons. The lowest BCUT2D eigenvalue weighted by Crippen LogP contribution is -2.39. The third kappa shape index (κ3) is 5.29. The lowest BCUT2D eigenvalue weighted by Gasteiger charge is -2.26. The first-order valence-corrected chi connectivity index (χ1v) is 8.04. The van der Waals surface area contributed by atoms with Crippen LogP contribution in [0.2, 0.25) is 0 Å². The highest BCUT2D eigenvalue weighted by Gasteiger charge is 2.15. The first-order chi connectivity index (χ1) is 10.3. The van der Waals surface area contributed by atoms with E-state index in [0.717, 1.165) is 56.8 Å². The fourth-order valence-electron chi connectivity index (χ4n) is 2.44. The summed E-state index contributed by atoms with van der Waals surface area (Å²) >= 11 is 0. The Morgan fingerprint density at radius 2 is 1.90 bits per heavy atom. The van der Waals surface area contributed by atoms with Crippen LogP contribution >= 0.6 is 0 Å². The number of benzene rings is 1. The van der Waals surface area contributed by atoms with E-state index in [4.69, 9.17) is 4.74 Å². The van der Waals surface area contributed by atoms with E-state index >= 15 is 0 Å². The Labute approximate surface area is 127 Å². The Balaban J connectivity index is 1.73. The van der Waals surface area contributed by atoms with Gasteiger partial charge in [0.05, 0.1) is 13.2 Å². The second-order valence-electron chi connectivity index (χ2n) is 5.52. The van der Waals surface area contributed by atoms with Gasteiger partial charge in [0.25, 0.3) is 0 Å². The van der Waals surface area contributed by atoms with Crippen LogP contribution in [-0.4, -0.2) is 37.0 Å². The Hall–Kier alpha value is -1.71. The van der Waals surface area contributed by atoms with Gasteiger partial charge in [-0.3, -0.25) is 4.79 Å². The van der Waals surface area contributed by atoms with Crippen LogP contribution in [0.1, 0.15) is 39.0 Å². The van der Waals surface area contributed by atoms with Crippen molar-refractivity contribution in [3.8, 4) is 5.75 Å². The fraction of sp³-hybridized carbons (Fsp3) is 0.588. The molecule has 0 spiro atoms. The van der Waals surface area contributed by atoms with Crippen LogP contribution in [0.15, 0.2) is 24.3 Å². The lowest BCUT2D eigenvalue weighted by molar-refractivity contribution is -0.130. The van der Waals surface area contributed by atoms with Crippen LogP contribution in [-0.2, 0) is 4.79 Å². The summed E-state index contributed by atoms with van der Waals surface area (Å²) < 4.78 is 5.62. The highest BCUT2D eigenvalue weighted by molar-refractivity contribution is 5.80. The second kappa shape index (κ2) is 8.55. The van der Waals surface area contributed by atoms with Crippen molar-refractivity contribution in [2.45, 2.75) is 39.0 Å².